The summed E-state index contributed by atoms with van der Waals surface area (Å²) in [4.78, 5) is 25.9. The number of hydrogen-bond donors (Lipinski definition) is 1. The number of carboxylic acids is 1. The van der Waals surface area contributed by atoms with E-state index in [0.29, 0.717) is 24.1 Å². The first-order chi connectivity index (χ1) is 11.6. The summed E-state index contributed by atoms with van der Waals surface area (Å²) >= 11 is 0. The van der Waals surface area contributed by atoms with E-state index >= 15 is 0 Å². The molecule has 1 atom stereocenters. The van der Waals surface area contributed by atoms with Gasteiger partial charge < -0.3 is 10.0 Å². The van der Waals surface area contributed by atoms with Crippen molar-refractivity contribution in [2.75, 3.05) is 6.54 Å². The lowest BCUT2D eigenvalue weighted by atomic mass is 9.94. The van der Waals surface area contributed by atoms with Crippen molar-refractivity contribution in [1.29, 1.82) is 5.26 Å². The lowest BCUT2D eigenvalue weighted by molar-refractivity contribution is -0.142. The molecule has 0 bridgehead atoms. The summed E-state index contributed by atoms with van der Waals surface area (Å²) in [6.07, 6.45) is 0.822. The molecule has 1 amide bonds. The monoisotopic (exact) mass is 320 g/mol. The summed E-state index contributed by atoms with van der Waals surface area (Å²) in [7, 11) is 0. The standard InChI is InChI=1S/C19H16N2O3/c20-12-14-6-7-16-15(10-14)8-9-21(18(16)22)17(19(23)24)11-13-4-2-1-3-5-13/h1-7,10,17H,8-9,11H2,(H,23,24). The van der Waals surface area contributed by atoms with E-state index in [4.69, 9.17) is 5.26 Å². The van der Waals surface area contributed by atoms with E-state index in [1.807, 2.05) is 30.3 Å². The number of carbonyl (C=O) groups excluding carboxylic acids is 1. The van der Waals surface area contributed by atoms with Crippen LogP contribution in [0.5, 0.6) is 0 Å². The Morgan fingerprint density at radius 3 is 2.67 bits per heavy atom. The fourth-order valence-electron chi connectivity index (χ4n) is 3.04. The van der Waals surface area contributed by atoms with Crippen LogP contribution in [0.25, 0.3) is 0 Å². The molecule has 1 aliphatic heterocycles. The molecule has 24 heavy (non-hydrogen) atoms. The zero-order valence-electron chi connectivity index (χ0n) is 13.0. The second-order valence-corrected chi connectivity index (χ2v) is 5.78. The van der Waals surface area contributed by atoms with Crippen molar-refractivity contribution in [3.8, 4) is 6.07 Å². The van der Waals surface area contributed by atoms with Crippen LogP contribution >= 0.6 is 0 Å². The molecular weight excluding hydrogens is 304 g/mol. The van der Waals surface area contributed by atoms with Crippen molar-refractivity contribution in [3.05, 3.63) is 70.8 Å². The van der Waals surface area contributed by atoms with E-state index < -0.39 is 12.0 Å². The molecule has 1 heterocycles. The molecule has 0 saturated heterocycles. The highest BCUT2D eigenvalue weighted by Gasteiger charge is 2.34. The minimum atomic E-state index is -1.01. The highest BCUT2D eigenvalue weighted by atomic mass is 16.4. The maximum atomic E-state index is 12.7. The molecule has 1 unspecified atom stereocenters. The van der Waals surface area contributed by atoms with E-state index in [1.54, 1.807) is 18.2 Å². The highest BCUT2D eigenvalue weighted by Crippen LogP contribution is 2.23. The van der Waals surface area contributed by atoms with Gasteiger partial charge in [0.05, 0.1) is 11.6 Å². The molecule has 120 valence electrons. The van der Waals surface area contributed by atoms with Crippen molar-refractivity contribution in [2.24, 2.45) is 0 Å². The number of nitriles is 1. The second-order valence-electron chi connectivity index (χ2n) is 5.78. The van der Waals surface area contributed by atoms with E-state index in [2.05, 4.69) is 6.07 Å². The smallest absolute Gasteiger partial charge is 0.326 e. The average molecular weight is 320 g/mol. The van der Waals surface area contributed by atoms with Crippen LogP contribution < -0.4 is 0 Å². The van der Waals surface area contributed by atoms with Crippen molar-refractivity contribution >= 4 is 11.9 Å². The lowest BCUT2D eigenvalue weighted by Gasteiger charge is -2.33. The molecule has 5 heteroatoms. The molecule has 2 aromatic rings. The van der Waals surface area contributed by atoms with Crippen LogP contribution in [-0.4, -0.2) is 34.5 Å². The van der Waals surface area contributed by atoms with Gasteiger partial charge in [-0.25, -0.2) is 4.79 Å². The summed E-state index contributed by atoms with van der Waals surface area (Å²) in [5, 5.41) is 18.6. The Hall–Kier alpha value is -3.13. The summed E-state index contributed by atoms with van der Waals surface area (Å²) < 4.78 is 0. The Labute approximate surface area is 139 Å². The van der Waals surface area contributed by atoms with Crippen molar-refractivity contribution in [1.82, 2.24) is 4.90 Å². The summed E-state index contributed by atoms with van der Waals surface area (Å²) in [6, 6.07) is 15.4. The van der Waals surface area contributed by atoms with Gasteiger partial charge in [0.15, 0.2) is 0 Å². The van der Waals surface area contributed by atoms with Gasteiger partial charge in [0.2, 0.25) is 0 Å². The number of fused-ring (bicyclic) bond motifs is 1. The van der Waals surface area contributed by atoms with Gasteiger partial charge in [-0.15, -0.1) is 0 Å². The van der Waals surface area contributed by atoms with E-state index in [0.717, 1.165) is 11.1 Å². The number of carboxylic acid groups (broad SMARTS) is 1. The van der Waals surface area contributed by atoms with Crippen LogP contribution in [0, 0.1) is 11.3 Å². The van der Waals surface area contributed by atoms with Gasteiger partial charge in [-0.1, -0.05) is 30.3 Å². The molecule has 0 aromatic heterocycles. The quantitative estimate of drug-likeness (QED) is 0.937. The maximum absolute atomic E-state index is 12.7. The van der Waals surface area contributed by atoms with E-state index in [-0.39, 0.29) is 12.3 Å². The normalized spacial score (nSPS) is 14.6. The second kappa shape index (κ2) is 6.55. The first kappa shape index (κ1) is 15.8. The van der Waals surface area contributed by atoms with Gasteiger partial charge in [0.1, 0.15) is 6.04 Å². The molecule has 0 saturated carbocycles. The number of amides is 1. The van der Waals surface area contributed by atoms with Gasteiger partial charge in [-0.3, -0.25) is 4.79 Å². The van der Waals surface area contributed by atoms with Crippen LogP contribution in [0.3, 0.4) is 0 Å². The summed E-state index contributed by atoms with van der Waals surface area (Å²) in [6.45, 7) is 0.338. The van der Waals surface area contributed by atoms with Gasteiger partial charge >= 0.3 is 5.97 Å². The molecule has 1 N–H and O–H groups in total. The SMILES string of the molecule is N#Cc1ccc2c(c1)CCN(C(Cc1ccccc1)C(=O)O)C2=O. The number of carbonyl (C=O) groups is 2. The molecule has 0 radical (unpaired) electrons. The average Bonchev–Trinajstić information content (AvgIpc) is 2.61. The Bertz CT molecular complexity index is 824. The molecule has 2 aromatic carbocycles. The van der Waals surface area contributed by atoms with Crippen LogP contribution in [-0.2, 0) is 17.6 Å². The minimum Gasteiger partial charge on any atom is -0.480 e. The fraction of sp³-hybridized carbons (Fsp3) is 0.211. The first-order valence-corrected chi connectivity index (χ1v) is 7.71. The molecule has 1 aliphatic rings. The van der Waals surface area contributed by atoms with Crippen molar-refractivity contribution < 1.29 is 14.7 Å². The van der Waals surface area contributed by atoms with E-state index in [9.17, 15) is 14.7 Å². The maximum Gasteiger partial charge on any atom is 0.326 e. The van der Waals surface area contributed by atoms with Crippen molar-refractivity contribution in [2.45, 2.75) is 18.9 Å². The lowest BCUT2D eigenvalue weighted by Crippen LogP contribution is -2.49. The van der Waals surface area contributed by atoms with E-state index in [1.165, 1.54) is 4.90 Å². The Morgan fingerprint density at radius 1 is 1.25 bits per heavy atom. The van der Waals surface area contributed by atoms with Gasteiger partial charge in [-0.05, 0) is 35.7 Å². The predicted octanol–water partition coefficient (Wildman–Crippen LogP) is 2.25. The Balaban J connectivity index is 1.88. The number of hydrogen-bond acceptors (Lipinski definition) is 3. The molecule has 5 nitrogen and oxygen atoms in total. The Kier molecular flexibility index (Phi) is 4.30. The van der Waals surface area contributed by atoms with Gasteiger partial charge in [0, 0.05) is 18.5 Å². The Morgan fingerprint density at radius 2 is 2.00 bits per heavy atom. The largest absolute Gasteiger partial charge is 0.480 e. The third kappa shape index (κ3) is 2.99. The van der Waals surface area contributed by atoms with Crippen molar-refractivity contribution in [3.63, 3.8) is 0 Å². The highest BCUT2D eigenvalue weighted by molar-refractivity contribution is 5.99. The number of aliphatic carboxylic acids is 1. The fourth-order valence-corrected chi connectivity index (χ4v) is 3.04. The number of benzene rings is 2. The van der Waals surface area contributed by atoms with Crippen LogP contribution in [0.2, 0.25) is 0 Å². The molecule has 3 rings (SSSR count). The third-order valence-corrected chi connectivity index (χ3v) is 4.28. The topological polar surface area (TPSA) is 81.4 Å². The van der Waals surface area contributed by atoms with Crippen LogP contribution in [0.1, 0.15) is 27.0 Å². The molecular formula is C19H16N2O3. The van der Waals surface area contributed by atoms with Gasteiger partial charge in [0.25, 0.3) is 5.91 Å². The summed E-state index contributed by atoms with van der Waals surface area (Å²) in [5.41, 5.74) is 2.68. The first-order valence-electron chi connectivity index (χ1n) is 7.71. The molecule has 0 aliphatic carbocycles. The third-order valence-electron chi connectivity index (χ3n) is 4.28. The molecule has 0 spiro atoms. The van der Waals surface area contributed by atoms with Gasteiger partial charge in [-0.2, -0.15) is 5.26 Å². The van der Waals surface area contributed by atoms with Crippen LogP contribution in [0.4, 0.5) is 0 Å². The zero-order chi connectivity index (χ0) is 17.1. The predicted molar refractivity (Wildman–Crippen MR) is 87.5 cm³/mol. The number of nitrogens with zero attached hydrogens (tertiary/aromatic N) is 2. The molecule has 0 fully saturated rings. The zero-order valence-corrected chi connectivity index (χ0v) is 13.0. The number of rotatable bonds is 4. The summed E-state index contributed by atoms with van der Waals surface area (Å²) in [5.74, 6) is -1.30. The minimum absolute atomic E-state index is 0.271. The van der Waals surface area contributed by atoms with Crippen LogP contribution in [0.15, 0.2) is 48.5 Å².